The number of hydrogen-bond acceptors (Lipinski definition) is 5. The summed E-state index contributed by atoms with van der Waals surface area (Å²) in [6.45, 7) is 0. The maximum absolute atomic E-state index is 12.9. The number of carboxylic acid groups (broad SMARTS) is 1. The zero-order valence-electron chi connectivity index (χ0n) is 19.1. The van der Waals surface area contributed by atoms with Gasteiger partial charge in [-0.05, 0) is 30.0 Å². The molecule has 10 heteroatoms. The molecule has 3 aromatic rings. The molecule has 2 aromatic carbocycles. The molecule has 35 heavy (non-hydrogen) atoms. The molecule has 0 bridgehead atoms. The number of fused-ring (bicyclic) bond motifs is 1. The van der Waals surface area contributed by atoms with Gasteiger partial charge >= 0.3 is 5.97 Å². The van der Waals surface area contributed by atoms with Gasteiger partial charge in [-0.2, -0.15) is 0 Å². The van der Waals surface area contributed by atoms with Crippen LogP contribution in [0.4, 0.5) is 0 Å². The number of aromatic amines is 1. The number of carboxylic acids is 1. The number of hydrogen-bond donors (Lipinski definition) is 6. The Kier molecular flexibility index (Phi) is 8.58. The third-order valence-corrected chi connectivity index (χ3v) is 5.66. The highest BCUT2D eigenvalue weighted by Crippen LogP contribution is 2.19. The van der Waals surface area contributed by atoms with Gasteiger partial charge in [-0.25, -0.2) is 4.79 Å². The van der Waals surface area contributed by atoms with Crippen molar-refractivity contribution in [3.8, 4) is 0 Å². The van der Waals surface area contributed by atoms with E-state index in [1.807, 2.05) is 24.3 Å². The molecule has 0 unspecified atom stereocenters. The van der Waals surface area contributed by atoms with Gasteiger partial charge in [0.2, 0.25) is 17.7 Å². The number of nitrogens with two attached hydrogens (primary N) is 2. The molecule has 8 N–H and O–H groups in total. The number of nitrogens with one attached hydrogen (secondary N) is 3. The lowest BCUT2D eigenvalue weighted by Crippen LogP contribution is -2.55. The second-order valence-corrected chi connectivity index (χ2v) is 8.33. The van der Waals surface area contributed by atoms with Gasteiger partial charge in [-0.15, -0.1) is 0 Å². The third kappa shape index (κ3) is 7.15. The third-order valence-electron chi connectivity index (χ3n) is 5.66. The molecule has 0 aliphatic heterocycles. The van der Waals surface area contributed by atoms with Crippen LogP contribution in [0.5, 0.6) is 0 Å². The van der Waals surface area contributed by atoms with Crippen LogP contribution in [0.25, 0.3) is 10.9 Å². The Bertz CT molecular complexity index is 1190. The van der Waals surface area contributed by atoms with E-state index >= 15 is 0 Å². The maximum atomic E-state index is 12.9. The fourth-order valence-corrected chi connectivity index (χ4v) is 3.79. The van der Waals surface area contributed by atoms with Gasteiger partial charge in [-0.1, -0.05) is 48.5 Å². The first-order valence-electron chi connectivity index (χ1n) is 11.2. The minimum atomic E-state index is -1.22. The first-order chi connectivity index (χ1) is 16.7. The minimum absolute atomic E-state index is 0.0540. The molecule has 0 aliphatic carbocycles. The molecule has 0 spiro atoms. The quantitative estimate of drug-likeness (QED) is 0.221. The van der Waals surface area contributed by atoms with Gasteiger partial charge in [0, 0.05) is 29.9 Å². The highest BCUT2D eigenvalue weighted by atomic mass is 16.4. The highest BCUT2D eigenvalue weighted by Gasteiger charge is 2.28. The van der Waals surface area contributed by atoms with Gasteiger partial charge in [-0.3, -0.25) is 14.4 Å². The molecule has 3 amide bonds. The number of carbonyl (C=O) groups is 4. The molecule has 0 saturated heterocycles. The van der Waals surface area contributed by atoms with E-state index in [1.54, 1.807) is 36.5 Å². The summed E-state index contributed by atoms with van der Waals surface area (Å²) in [6, 6.07) is 13.0. The van der Waals surface area contributed by atoms with Crippen molar-refractivity contribution < 1.29 is 24.3 Å². The molecule has 184 valence electrons. The summed E-state index contributed by atoms with van der Waals surface area (Å²) < 4.78 is 0. The molecule has 3 atom stereocenters. The molecular weight excluding hydrogens is 450 g/mol. The molecule has 0 saturated carbocycles. The number of primary amides is 1. The maximum Gasteiger partial charge on any atom is 0.326 e. The number of H-pyrrole nitrogens is 1. The van der Waals surface area contributed by atoms with Gasteiger partial charge in [0.15, 0.2) is 0 Å². The Labute approximate surface area is 202 Å². The minimum Gasteiger partial charge on any atom is -0.480 e. The van der Waals surface area contributed by atoms with Crippen LogP contribution < -0.4 is 22.1 Å². The van der Waals surface area contributed by atoms with Crippen LogP contribution in [0.3, 0.4) is 0 Å². The van der Waals surface area contributed by atoms with Crippen LogP contribution in [-0.4, -0.2) is 51.9 Å². The number of carbonyl (C=O) groups excluding carboxylic acids is 3. The van der Waals surface area contributed by atoms with Crippen molar-refractivity contribution in [3.63, 3.8) is 0 Å². The standard InChI is InChI=1S/C25H29N5O5/c26-18(13-16-14-28-19-9-5-4-8-17(16)19)23(32)29-20(10-11-22(27)31)24(33)30-21(25(34)35)12-15-6-2-1-3-7-15/h1-9,14,18,20-21,28H,10-13,26H2,(H2,27,31)(H,29,32)(H,30,33)(H,34,35)/t18-,20-,21-/m0/s1. The first-order valence-corrected chi connectivity index (χ1v) is 11.2. The van der Waals surface area contributed by atoms with Crippen molar-refractivity contribution >= 4 is 34.6 Å². The predicted molar refractivity (Wildman–Crippen MR) is 130 cm³/mol. The van der Waals surface area contributed by atoms with Crippen molar-refractivity contribution in [2.24, 2.45) is 11.5 Å². The Balaban J connectivity index is 1.68. The topological polar surface area (TPSA) is 180 Å². The molecule has 1 aromatic heterocycles. The van der Waals surface area contributed by atoms with Crippen molar-refractivity contribution in [2.45, 2.75) is 43.8 Å². The monoisotopic (exact) mass is 479 g/mol. The van der Waals surface area contributed by atoms with Gasteiger partial charge in [0.1, 0.15) is 12.1 Å². The molecule has 10 nitrogen and oxygen atoms in total. The van der Waals surface area contributed by atoms with Crippen LogP contribution in [0.2, 0.25) is 0 Å². The molecule has 1 heterocycles. The Morgan fingerprint density at radius 3 is 2.23 bits per heavy atom. The number of aliphatic carboxylic acids is 1. The normalized spacial score (nSPS) is 13.5. The Hall–Kier alpha value is -4.18. The number of amides is 3. The van der Waals surface area contributed by atoms with Gasteiger partial charge in [0.05, 0.1) is 6.04 Å². The zero-order chi connectivity index (χ0) is 25.4. The fourth-order valence-electron chi connectivity index (χ4n) is 3.79. The Morgan fingerprint density at radius 2 is 1.54 bits per heavy atom. The van der Waals surface area contributed by atoms with E-state index in [4.69, 9.17) is 11.5 Å². The SMILES string of the molecule is NC(=O)CC[C@H](NC(=O)[C@@H](N)Cc1c[nH]c2ccccc12)C(=O)N[C@@H](Cc1ccccc1)C(=O)O. The average Bonchev–Trinajstić information content (AvgIpc) is 3.24. The summed E-state index contributed by atoms with van der Waals surface area (Å²) in [7, 11) is 0. The van der Waals surface area contributed by atoms with E-state index < -0.39 is 41.8 Å². The largest absolute Gasteiger partial charge is 0.480 e. The lowest BCUT2D eigenvalue weighted by Gasteiger charge is -2.23. The molecule has 0 radical (unpaired) electrons. The van der Waals surface area contributed by atoms with Crippen LogP contribution >= 0.6 is 0 Å². The van der Waals surface area contributed by atoms with E-state index in [9.17, 15) is 24.3 Å². The van der Waals surface area contributed by atoms with Crippen molar-refractivity contribution in [1.29, 1.82) is 0 Å². The van der Waals surface area contributed by atoms with Crippen LogP contribution in [-0.2, 0) is 32.0 Å². The average molecular weight is 480 g/mol. The Morgan fingerprint density at radius 1 is 0.886 bits per heavy atom. The van der Waals surface area contributed by atoms with Gasteiger partial charge in [0.25, 0.3) is 0 Å². The van der Waals surface area contributed by atoms with Crippen molar-refractivity contribution in [2.75, 3.05) is 0 Å². The molecule has 3 rings (SSSR count). The summed E-state index contributed by atoms with van der Waals surface area (Å²) in [5.41, 5.74) is 13.8. The summed E-state index contributed by atoms with van der Waals surface area (Å²) in [6.07, 6.45) is 1.78. The van der Waals surface area contributed by atoms with Crippen LogP contribution in [0.15, 0.2) is 60.8 Å². The van der Waals surface area contributed by atoms with Crippen molar-refractivity contribution in [1.82, 2.24) is 15.6 Å². The fraction of sp³-hybridized carbons (Fsp3) is 0.280. The lowest BCUT2D eigenvalue weighted by molar-refractivity contribution is -0.142. The molecule has 0 aliphatic rings. The van der Waals surface area contributed by atoms with E-state index in [0.717, 1.165) is 22.0 Å². The van der Waals surface area contributed by atoms with Crippen LogP contribution in [0, 0.1) is 0 Å². The summed E-state index contributed by atoms with van der Waals surface area (Å²) in [5.74, 6) is -3.21. The van der Waals surface area contributed by atoms with E-state index in [2.05, 4.69) is 15.6 Å². The second-order valence-electron chi connectivity index (χ2n) is 8.33. The van der Waals surface area contributed by atoms with Crippen molar-refractivity contribution in [3.05, 3.63) is 71.9 Å². The van der Waals surface area contributed by atoms with E-state index in [0.29, 0.717) is 0 Å². The van der Waals surface area contributed by atoms with Gasteiger partial charge < -0.3 is 32.2 Å². The summed E-state index contributed by atoms with van der Waals surface area (Å²) in [5, 5.41) is 15.5. The van der Waals surface area contributed by atoms with E-state index in [-0.39, 0.29) is 25.7 Å². The number of para-hydroxylation sites is 1. The predicted octanol–water partition coefficient (Wildman–Crippen LogP) is 0.600. The lowest BCUT2D eigenvalue weighted by atomic mass is 10.0. The smallest absolute Gasteiger partial charge is 0.326 e. The number of benzene rings is 2. The number of aromatic nitrogens is 1. The summed E-state index contributed by atoms with van der Waals surface area (Å²) in [4.78, 5) is 51.9. The molecular formula is C25H29N5O5. The number of rotatable bonds is 12. The zero-order valence-corrected chi connectivity index (χ0v) is 19.1. The van der Waals surface area contributed by atoms with E-state index in [1.165, 1.54) is 0 Å². The van der Waals surface area contributed by atoms with Crippen LogP contribution in [0.1, 0.15) is 24.0 Å². The second kappa shape index (κ2) is 11.8. The summed E-state index contributed by atoms with van der Waals surface area (Å²) >= 11 is 0. The molecule has 0 fully saturated rings. The first kappa shape index (κ1) is 25.4. The highest BCUT2D eigenvalue weighted by molar-refractivity contribution is 5.92.